The van der Waals surface area contributed by atoms with E-state index in [4.69, 9.17) is 14.2 Å². The van der Waals surface area contributed by atoms with Crippen molar-refractivity contribution in [3.8, 4) is 0 Å². The smallest absolute Gasteiger partial charge is 0.275 e. The number of hydrogen-bond donors (Lipinski definition) is 2. The predicted molar refractivity (Wildman–Crippen MR) is 130 cm³/mol. The van der Waals surface area contributed by atoms with E-state index in [1.807, 2.05) is 11.8 Å². The first-order valence-electron chi connectivity index (χ1n) is 12.7. The lowest BCUT2D eigenvalue weighted by atomic mass is 9.95. The van der Waals surface area contributed by atoms with Gasteiger partial charge in [0.25, 0.3) is 5.91 Å². The second kappa shape index (κ2) is 10.6. The molecule has 2 aliphatic carbocycles. The topological polar surface area (TPSA) is 113 Å². The molecule has 3 heterocycles. The van der Waals surface area contributed by atoms with Crippen molar-refractivity contribution < 1.29 is 18.8 Å². The summed E-state index contributed by atoms with van der Waals surface area (Å²) < 4.78 is 5.26. The molecular formula is C25H34N6O4. The van der Waals surface area contributed by atoms with E-state index in [0.29, 0.717) is 49.4 Å². The second-order valence-corrected chi connectivity index (χ2v) is 9.75. The number of aromatic nitrogens is 2. The molecule has 1 aliphatic heterocycles. The molecule has 2 N–H and O–H groups in total. The Hall–Kier alpha value is -3.14. The summed E-state index contributed by atoms with van der Waals surface area (Å²) in [6.45, 7) is 4.66. The van der Waals surface area contributed by atoms with Gasteiger partial charge in [-0.15, -0.1) is 0 Å². The number of rotatable bonds is 8. The number of pyridine rings is 1. The highest BCUT2D eigenvalue weighted by Crippen LogP contribution is 2.31. The summed E-state index contributed by atoms with van der Waals surface area (Å²) in [6.07, 6.45) is 9.28. The second-order valence-electron chi connectivity index (χ2n) is 9.75. The zero-order valence-electron chi connectivity index (χ0n) is 20.3. The fraction of sp³-hybridized carbons (Fsp3) is 0.600. The summed E-state index contributed by atoms with van der Waals surface area (Å²) in [5.74, 6) is 2.17. The number of hydroxylamine groups is 1. The van der Waals surface area contributed by atoms with Crippen molar-refractivity contribution in [3.63, 3.8) is 0 Å². The first-order chi connectivity index (χ1) is 17.1. The third-order valence-electron chi connectivity index (χ3n) is 7.09. The number of oxazole rings is 1. The molecule has 2 aromatic heterocycles. The lowest BCUT2D eigenvalue weighted by Gasteiger charge is -2.36. The molecule has 3 fully saturated rings. The molecule has 188 valence electrons. The van der Waals surface area contributed by atoms with Crippen LogP contribution in [0, 0.1) is 12.8 Å². The molecule has 1 saturated heterocycles. The van der Waals surface area contributed by atoms with Crippen molar-refractivity contribution in [1.29, 1.82) is 0 Å². The molecule has 5 rings (SSSR count). The molecule has 3 aliphatic rings. The number of nitrogens with zero attached hydrogens (tertiary/aromatic N) is 4. The molecule has 0 bridgehead atoms. The Kier molecular flexibility index (Phi) is 7.17. The van der Waals surface area contributed by atoms with Gasteiger partial charge in [0.2, 0.25) is 5.91 Å². The van der Waals surface area contributed by atoms with Crippen molar-refractivity contribution in [2.75, 3.05) is 36.4 Å². The first-order valence-corrected chi connectivity index (χ1v) is 12.7. The number of anilines is 2. The maximum Gasteiger partial charge on any atom is 0.275 e. The Morgan fingerprint density at radius 3 is 2.54 bits per heavy atom. The molecule has 10 nitrogen and oxygen atoms in total. The van der Waals surface area contributed by atoms with Gasteiger partial charge in [-0.05, 0) is 44.7 Å². The van der Waals surface area contributed by atoms with Gasteiger partial charge in [-0.25, -0.2) is 15.4 Å². The van der Waals surface area contributed by atoms with E-state index in [1.54, 1.807) is 12.1 Å². The van der Waals surface area contributed by atoms with Gasteiger partial charge in [0, 0.05) is 43.7 Å². The maximum absolute atomic E-state index is 13.0. The largest absolute Gasteiger partial charge is 0.446 e. The minimum Gasteiger partial charge on any atom is -0.446 e. The van der Waals surface area contributed by atoms with E-state index in [0.717, 1.165) is 37.2 Å². The number of aryl methyl sites for hydroxylation is 1. The van der Waals surface area contributed by atoms with Gasteiger partial charge >= 0.3 is 0 Å². The van der Waals surface area contributed by atoms with Crippen molar-refractivity contribution in [3.05, 3.63) is 35.5 Å². The van der Waals surface area contributed by atoms with Gasteiger partial charge < -0.3 is 19.5 Å². The number of piperazine rings is 1. The molecule has 0 radical (unpaired) electrons. The standard InChI is InChI=1S/C25H34N6O4/c1-17-21(34-16-26-17)15-35-29-24(32)19-13-22(27-20-5-3-2-4-6-20)28-23(14-19)30-9-11-31(12-10-30)25(33)18-7-8-18/h13-14,16,18,20H,2-12,15H2,1H3,(H,27,28)(H,29,32). The first kappa shape index (κ1) is 23.6. The Bertz CT molecular complexity index is 1040. The maximum atomic E-state index is 13.0. The molecule has 35 heavy (non-hydrogen) atoms. The van der Waals surface area contributed by atoms with Crippen LogP contribution >= 0.6 is 0 Å². The Labute approximate surface area is 205 Å². The number of amides is 2. The lowest BCUT2D eigenvalue weighted by Crippen LogP contribution is -2.49. The van der Waals surface area contributed by atoms with Crippen LogP contribution in [0.25, 0.3) is 0 Å². The van der Waals surface area contributed by atoms with Crippen LogP contribution in [0.4, 0.5) is 11.6 Å². The van der Waals surface area contributed by atoms with E-state index in [-0.39, 0.29) is 24.3 Å². The van der Waals surface area contributed by atoms with E-state index in [1.165, 1.54) is 25.7 Å². The van der Waals surface area contributed by atoms with Crippen LogP contribution in [0.15, 0.2) is 22.9 Å². The van der Waals surface area contributed by atoms with Crippen LogP contribution in [0.3, 0.4) is 0 Å². The van der Waals surface area contributed by atoms with Crippen molar-refractivity contribution in [2.24, 2.45) is 5.92 Å². The molecule has 2 aromatic rings. The van der Waals surface area contributed by atoms with Crippen LogP contribution in [0.5, 0.6) is 0 Å². The molecule has 0 atom stereocenters. The Morgan fingerprint density at radius 2 is 1.86 bits per heavy atom. The van der Waals surface area contributed by atoms with Crippen molar-refractivity contribution in [1.82, 2.24) is 20.3 Å². The third kappa shape index (κ3) is 5.93. The number of carbonyl (C=O) groups is 2. The molecule has 10 heteroatoms. The van der Waals surface area contributed by atoms with Gasteiger partial charge in [-0.1, -0.05) is 19.3 Å². The fourth-order valence-electron chi connectivity index (χ4n) is 4.77. The molecular weight excluding hydrogens is 448 g/mol. The van der Waals surface area contributed by atoms with Crippen LogP contribution < -0.4 is 15.7 Å². The minimum atomic E-state index is -0.347. The average molecular weight is 483 g/mol. The lowest BCUT2D eigenvalue weighted by molar-refractivity contribution is -0.132. The Morgan fingerprint density at radius 1 is 1.09 bits per heavy atom. The van der Waals surface area contributed by atoms with Crippen LogP contribution in [-0.4, -0.2) is 58.9 Å². The number of carbonyl (C=O) groups excluding carboxylic acids is 2. The van der Waals surface area contributed by atoms with Gasteiger partial charge in [0.1, 0.15) is 18.2 Å². The summed E-state index contributed by atoms with van der Waals surface area (Å²) in [7, 11) is 0. The third-order valence-corrected chi connectivity index (χ3v) is 7.09. The van der Waals surface area contributed by atoms with Gasteiger partial charge in [-0.3, -0.25) is 14.4 Å². The normalized spacial score (nSPS) is 19.0. The Balaban J connectivity index is 1.27. The van der Waals surface area contributed by atoms with Crippen molar-refractivity contribution >= 4 is 23.5 Å². The highest BCUT2D eigenvalue weighted by molar-refractivity contribution is 5.95. The van der Waals surface area contributed by atoms with Crippen LogP contribution in [-0.2, 0) is 16.2 Å². The van der Waals surface area contributed by atoms with E-state index in [9.17, 15) is 9.59 Å². The SMILES string of the molecule is Cc1ncoc1CONC(=O)c1cc(NC2CCCCC2)nc(N2CCN(C(=O)C3CC3)CC2)c1. The quantitative estimate of drug-likeness (QED) is 0.552. The summed E-state index contributed by atoms with van der Waals surface area (Å²) in [5, 5.41) is 3.55. The average Bonchev–Trinajstić information content (AvgIpc) is 3.66. The molecule has 0 unspecified atom stereocenters. The van der Waals surface area contributed by atoms with E-state index in [2.05, 4.69) is 20.7 Å². The molecule has 2 amide bonds. The number of nitrogens with one attached hydrogen (secondary N) is 2. The van der Waals surface area contributed by atoms with Gasteiger partial charge in [0.05, 0.1) is 5.69 Å². The zero-order chi connectivity index (χ0) is 24.2. The fourth-order valence-corrected chi connectivity index (χ4v) is 4.77. The predicted octanol–water partition coefficient (Wildman–Crippen LogP) is 3.04. The summed E-state index contributed by atoms with van der Waals surface area (Å²) >= 11 is 0. The summed E-state index contributed by atoms with van der Waals surface area (Å²) in [5.41, 5.74) is 3.71. The summed E-state index contributed by atoms with van der Waals surface area (Å²) in [6, 6.07) is 3.94. The minimum absolute atomic E-state index is 0.0969. The van der Waals surface area contributed by atoms with Crippen LogP contribution in [0.2, 0.25) is 0 Å². The zero-order valence-corrected chi connectivity index (χ0v) is 20.3. The van der Waals surface area contributed by atoms with Gasteiger partial charge in [0.15, 0.2) is 12.2 Å². The summed E-state index contributed by atoms with van der Waals surface area (Å²) in [4.78, 5) is 43.8. The van der Waals surface area contributed by atoms with E-state index >= 15 is 0 Å². The molecule has 2 saturated carbocycles. The molecule has 0 spiro atoms. The monoisotopic (exact) mass is 482 g/mol. The molecule has 0 aromatic carbocycles. The highest BCUT2D eigenvalue weighted by Gasteiger charge is 2.34. The van der Waals surface area contributed by atoms with Gasteiger partial charge in [-0.2, -0.15) is 0 Å². The number of hydrogen-bond acceptors (Lipinski definition) is 8. The van der Waals surface area contributed by atoms with Crippen LogP contribution in [0.1, 0.15) is 66.8 Å². The van der Waals surface area contributed by atoms with Crippen molar-refractivity contribution in [2.45, 2.75) is 64.5 Å². The highest BCUT2D eigenvalue weighted by atomic mass is 16.7. The van der Waals surface area contributed by atoms with E-state index < -0.39 is 0 Å².